The van der Waals surface area contributed by atoms with Crippen LogP contribution in [0.1, 0.15) is 12.2 Å². The molecule has 0 aromatic carbocycles. The van der Waals surface area contributed by atoms with Crippen LogP contribution in [-0.4, -0.2) is 30.6 Å². The number of methoxy groups -OCH3 is 1. The molecule has 1 heterocycles. The van der Waals surface area contributed by atoms with Crippen LogP contribution in [0.25, 0.3) is 0 Å². The Morgan fingerprint density at radius 1 is 1.79 bits per heavy atom. The summed E-state index contributed by atoms with van der Waals surface area (Å²) in [6.07, 6.45) is 2.82. The van der Waals surface area contributed by atoms with Crippen molar-refractivity contribution in [1.82, 2.24) is 0 Å². The quantitative estimate of drug-likeness (QED) is 0.235. The van der Waals surface area contributed by atoms with E-state index in [-0.39, 0.29) is 13.0 Å². The van der Waals surface area contributed by atoms with Gasteiger partial charge in [0.25, 0.3) is 0 Å². The van der Waals surface area contributed by atoms with Crippen molar-refractivity contribution in [2.45, 2.75) is 6.42 Å². The molecule has 1 rings (SSSR count). The van der Waals surface area contributed by atoms with Crippen LogP contribution < -0.4 is 0 Å². The maximum absolute atomic E-state index is 11.1. The molecule has 5 heteroatoms. The summed E-state index contributed by atoms with van der Waals surface area (Å²) in [6.45, 7) is 0.0629. The van der Waals surface area contributed by atoms with Crippen molar-refractivity contribution in [2.24, 2.45) is 0 Å². The Balaban J connectivity index is 2.42. The molecule has 0 bridgehead atoms. The number of carbonyl (C=O) groups excluding carboxylic acids is 1. The van der Waals surface area contributed by atoms with Crippen molar-refractivity contribution in [3.8, 4) is 0 Å². The smallest absolute Gasteiger partial charge is 0.311 e. The number of rotatable bonds is 4. The number of esters is 1. The van der Waals surface area contributed by atoms with Crippen LogP contribution in [0.15, 0.2) is 22.8 Å². The molecule has 5 nitrogen and oxygen atoms in total. The number of hydrogen-bond acceptors (Lipinski definition) is 4. The van der Waals surface area contributed by atoms with Crippen molar-refractivity contribution in [1.29, 1.82) is 0 Å². The third kappa shape index (κ3) is 3.30. The molecule has 0 radical (unpaired) electrons. The molecule has 0 amide bonds. The predicted octanol–water partition coefficient (Wildman–Crippen LogP) is 0.772. The second kappa shape index (κ2) is 5.06. The van der Waals surface area contributed by atoms with Crippen LogP contribution in [0, 0.1) is 5.21 Å². The SMILES string of the molecule is COC(=O)CC/[N+]([O-])=C/c1ccco1. The van der Waals surface area contributed by atoms with Gasteiger partial charge in [0.2, 0.25) is 6.21 Å². The minimum absolute atomic E-state index is 0.0629. The first-order valence-electron chi connectivity index (χ1n) is 4.11. The third-order valence-corrected chi connectivity index (χ3v) is 1.58. The van der Waals surface area contributed by atoms with Crippen molar-refractivity contribution < 1.29 is 18.7 Å². The number of nitrogens with zero attached hydrogens (tertiary/aromatic N) is 1. The monoisotopic (exact) mass is 197 g/mol. The van der Waals surface area contributed by atoms with Crippen LogP contribution in [0.2, 0.25) is 0 Å². The van der Waals surface area contributed by atoms with E-state index < -0.39 is 5.97 Å². The average Bonchev–Trinajstić information content (AvgIpc) is 2.66. The minimum atomic E-state index is -0.404. The van der Waals surface area contributed by atoms with E-state index in [1.165, 1.54) is 19.6 Å². The molecule has 0 atom stereocenters. The van der Waals surface area contributed by atoms with E-state index in [0.717, 1.165) is 0 Å². The maximum Gasteiger partial charge on any atom is 0.311 e. The zero-order valence-electron chi connectivity index (χ0n) is 7.80. The zero-order chi connectivity index (χ0) is 10.4. The predicted molar refractivity (Wildman–Crippen MR) is 49.0 cm³/mol. The van der Waals surface area contributed by atoms with Crippen LogP contribution in [0.5, 0.6) is 0 Å². The summed E-state index contributed by atoms with van der Waals surface area (Å²) in [5.41, 5.74) is 0. The Labute approximate surface area is 81.2 Å². The van der Waals surface area contributed by atoms with E-state index in [0.29, 0.717) is 10.5 Å². The Bertz CT molecular complexity index is 316. The Hall–Kier alpha value is -1.78. The fraction of sp³-hybridized carbons (Fsp3) is 0.333. The van der Waals surface area contributed by atoms with E-state index in [4.69, 9.17) is 4.42 Å². The molecule has 0 saturated carbocycles. The summed E-state index contributed by atoms with van der Waals surface area (Å²) in [5.74, 6) is 0.0589. The van der Waals surface area contributed by atoms with Crippen LogP contribution >= 0.6 is 0 Å². The van der Waals surface area contributed by atoms with Crippen molar-refractivity contribution in [3.05, 3.63) is 29.4 Å². The number of hydrogen-bond donors (Lipinski definition) is 0. The molecule has 0 aliphatic carbocycles. The van der Waals surface area contributed by atoms with E-state index in [1.54, 1.807) is 12.1 Å². The number of carbonyl (C=O) groups is 1. The van der Waals surface area contributed by atoms with E-state index in [2.05, 4.69) is 4.74 Å². The van der Waals surface area contributed by atoms with Gasteiger partial charge in [-0.05, 0) is 12.1 Å². The lowest BCUT2D eigenvalue weighted by atomic mass is 10.4. The molecule has 1 aromatic heterocycles. The molecule has 0 N–H and O–H groups in total. The lowest BCUT2D eigenvalue weighted by molar-refractivity contribution is -0.451. The van der Waals surface area contributed by atoms with Gasteiger partial charge in [-0.3, -0.25) is 4.79 Å². The second-order valence-electron chi connectivity index (χ2n) is 2.61. The number of furan rings is 1. The van der Waals surface area contributed by atoms with Gasteiger partial charge in [0.15, 0.2) is 12.3 Å². The van der Waals surface area contributed by atoms with Gasteiger partial charge in [-0.1, -0.05) is 0 Å². The summed E-state index contributed by atoms with van der Waals surface area (Å²) >= 11 is 0. The van der Waals surface area contributed by atoms with Crippen molar-refractivity contribution in [3.63, 3.8) is 0 Å². The largest absolute Gasteiger partial charge is 0.624 e. The van der Waals surface area contributed by atoms with Gasteiger partial charge in [0, 0.05) is 0 Å². The molecule has 0 saturated heterocycles. The van der Waals surface area contributed by atoms with Crippen LogP contribution in [0.4, 0.5) is 0 Å². The molecule has 14 heavy (non-hydrogen) atoms. The highest BCUT2D eigenvalue weighted by Crippen LogP contribution is 1.95. The fourth-order valence-corrected chi connectivity index (χ4v) is 0.875. The topological polar surface area (TPSA) is 65.5 Å². The van der Waals surface area contributed by atoms with Gasteiger partial charge in [-0.2, -0.15) is 0 Å². The first kappa shape index (κ1) is 10.3. The lowest BCUT2D eigenvalue weighted by Gasteiger charge is -2.01. The first-order valence-corrected chi connectivity index (χ1v) is 4.11. The standard InChI is InChI=1S/C9H11NO4/c1-13-9(11)4-5-10(12)7-8-3-2-6-14-8/h2-3,6-7H,4-5H2,1H3/b10-7-. The van der Waals surface area contributed by atoms with E-state index in [1.807, 2.05) is 0 Å². The highest BCUT2D eigenvalue weighted by atomic mass is 16.5. The fourth-order valence-electron chi connectivity index (χ4n) is 0.875. The van der Waals surface area contributed by atoms with Crippen LogP contribution in [0.3, 0.4) is 0 Å². The molecule has 0 aliphatic rings. The molecular formula is C9H11NO4. The summed E-state index contributed by atoms with van der Waals surface area (Å²) < 4.78 is 9.95. The van der Waals surface area contributed by atoms with Gasteiger partial charge in [-0.25, -0.2) is 4.74 Å². The Morgan fingerprint density at radius 3 is 3.14 bits per heavy atom. The van der Waals surface area contributed by atoms with Crippen LogP contribution in [-0.2, 0) is 9.53 Å². The molecule has 0 unspecified atom stereocenters. The van der Waals surface area contributed by atoms with E-state index >= 15 is 0 Å². The average molecular weight is 197 g/mol. The van der Waals surface area contributed by atoms with Gasteiger partial charge >= 0.3 is 5.97 Å². The van der Waals surface area contributed by atoms with Gasteiger partial charge in [-0.15, -0.1) is 0 Å². The Kier molecular flexibility index (Phi) is 3.72. The molecular weight excluding hydrogens is 186 g/mol. The summed E-state index contributed by atoms with van der Waals surface area (Å²) in [6, 6.07) is 3.34. The molecule has 76 valence electrons. The van der Waals surface area contributed by atoms with Crippen molar-refractivity contribution >= 4 is 12.2 Å². The number of hydroxylamine groups is 1. The molecule has 0 aliphatic heterocycles. The normalized spacial score (nSPS) is 11.4. The highest BCUT2D eigenvalue weighted by molar-refractivity contribution is 5.72. The highest BCUT2D eigenvalue weighted by Gasteiger charge is 2.04. The summed E-state index contributed by atoms with van der Waals surface area (Å²) in [7, 11) is 1.29. The third-order valence-electron chi connectivity index (χ3n) is 1.58. The summed E-state index contributed by atoms with van der Waals surface area (Å²) in [4.78, 5) is 10.7. The lowest BCUT2D eigenvalue weighted by Crippen LogP contribution is -2.12. The maximum atomic E-state index is 11.1. The summed E-state index contributed by atoms with van der Waals surface area (Å²) in [5, 5.41) is 11.1. The second-order valence-corrected chi connectivity index (χ2v) is 2.61. The zero-order valence-corrected chi connectivity index (χ0v) is 7.80. The Morgan fingerprint density at radius 2 is 2.57 bits per heavy atom. The van der Waals surface area contributed by atoms with E-state index in [9.17, 15) is 10.0 Å². The van der Waals surface area contributed by atoms with Gasteiger partial charge in [0.1, 0.15) is 6.42 Å². The molecule has 0 fully saturated rings. The van der Waals surface area contributed by atoms with Crippen molar-refractivity contribution in [2.75, 3.05) is 13.7 Å². The minimum Gasteiger partial charge on any atom is -0.624 e. The molecule has 0 spiro atoms. The molecule has 1 aromatic rings. The first-order chi connectivity index (χ1) is 6.72. The number of ether oxygens (including phenoxy) is 1. The van der Waals surface area contributed by atoms with Gasteiger partial charge < -0.3 is 14.4 Å². The van der Waals surface area contributed by atoms with Gasteiger partial charge in [0.05, 0.1) is 13.4 Å².